The summed E-state index contributed by atoms with van der Waals surface area (Å²) in [5.74, 6) is -2.44. The first-order valence-electron chi connectivity index (χ1n) is 7.27. The maximum absolute atomic E-state index is 13.2. The normalized spacial score (nSPS) is 14.7. The average molecular weight is 317 g/mol. The molecule has 0 aliphatic heterocycles. The molecule has 22 heavy (non-hydrogen) atoms. The van der Waals surface area contributed by atoms with E-state index in [1.54, 1.807) is 6.07 Å². The first-order valence-corrected chi connectivity index (χ1v) is 7.27. The van der Waals surface area contributed by atoms with Gasteiger partial charge in [0.1, 0.15) is 0 Å². The Morgan fingerprint density at radius 1 is 1.23 bits per heavy atom. The van der Waals surface area contributed by atoms with E-state index in [9.17, 15) is 18.0 Å². The Bertz CT molecular complexity index is 460. The number of halogens is 3. The van der Waals surface area contributed by atoms with Crippen molar-refractivity contribution in [2.75, 3.05) is 6.61 Å². The monoisotopic (exact) mass is 317 g/mol. The average Bonchev–Trinajstić information content (AvgIpc) is 2.44. The first-order chi connectivity index (χ1) is 10.3. The standard InChI is InChI=1S/C16H22F3NO2/c1-11(2)14(8-9-21)20-15(22)10-13(16(17,18)19)12-6-4-3-5-7-12/h3-7,11,13-14,21H,8-10H2,1-2H3,(H,20,22). The molecule has 0 fully saturated rings. The number of carbonyl (C=O) groups excluding carboxylic acids is 1. The number of hydrogen-bond donors (Lipinski definition) is 2. The molecule has 0 aromatic heterocycles. The molecular formula is C16H22F3NO2. The second-order valence-corrected chi connectivity index (χ2v) is 5.64. The molecule has 1 aromatic rings. The first kappa shape index (κ1) is 18.5. The van der Waals surface area contributed by atoms with Gasteiger partial charge in [-0.15, -0.1) is 0 Å². The van der Waals surface area contributed by atoms with Crippen molar-refractivity contribution in [3.63, 3.8) is 0 Å². The molecule has 0 aliphatic rings. The molecule has 1 rings (SSSR count). The van der Waals surface area contributed by atoms with E-state index in [-0.39, 0.29) is 24.1 Å². The summed E-state index contributed by atoms with van der Waals surface area (Å²) >= 11 is 0. The van der Waals surface area contributed by atoms with Crippen LogP contribution in [0.4, 0.5) is 13.2 Å². The highest BCUT2D eigenvalue weighted by Crippen LogP contribution is 2.37. The van der Waals surface area contributed by atoms with Gasteiger partial charge in [0.05, 0.1) is 5.92 Å². The van der Waals surface area contributed by atoms with Crippen LogP contribution in [0.2, 0.25) is 0 Å². The fourth-order valence-electron chi connectivity index (χ4n) is 2.27. The Balaban J connectivity index is 2.80. The second-order valence-electron chi connectivity index (χ2n) is 5.64. The van der Waals surface area contributed by atoms with Gasteiger partial charge in [0, 0.05) is 19.1 Å². The van der Waals surface area contributed by atoms with E-state index >= 15 is 0 Å². The Labute approximate surface area is 128 Å². The summed E-state index contributed by atoms with van der Waals surface area (Å²) < 4.78 is 39.6. The predicted octanol–water partition coefficient (Wildman–Crippen LogP) is 3.25. The Kier molecular flexibility index (Phi) is 6.87. The zero-order valence-electron chi connectivity index (χ0n) is 12.7. The van der Waals surface area contributed by atoms with Gasteiger partial charge in [0.25, 0.3) is 0 Å². The minimum atomic E-state index is -4.48. The summed E-state index contributed by atoms with van der Waals surface area (Å²) in [6, 6.07) is 7.09. The number of alkyl halides is 3. The Morgan fingerprint density at radius 2 is 1.82 bits per heavy atom. The lowest BCUT2D eigenvalue weighted by molar-refractivity contribution is -0.157. The van der Waals surface area contributed by atoms with E-state index in [2.05, 4.69) is 5.32 Å². The Hall–Kier alpha value is -1.56. The van der Waals surface area contributed by atoms with Gasteiger partial charge < -0.3 is 10.4 Å². The molecule has 124 valence electrons. The number of aliphatic hydroxyl groups is 1. The van der Waals surface area contributed by atoms with Crippen LogP contribution >= 0.6 is 0 Å². The molecule has 2 unspecified atom stereocenters. The number of amides is 1. The number of carbonyl (C=O) groups is 1. The molecule has 0 bridgehead atoms. The van der Waals surface area contributed by atoms with Crippen LogP contribution < -0.4 is 5.32 Å². The maximum atomic E-state index is 13.2. The van der Waals surface area contributed by atoms with Crippen LogP contribution in [-0.2, 0) is 4.79 Å². The fourth-order valence-corrected chi connectivity index (χ4v) is 2.27. The lowest BCUT2D eigenvalue weighted by Crippen LogP contribution is -2.40. The molecule has 6 heteroatoms. The zero-order valence-corrected chi connectivity index (χ0v) is 12.7. The molecule has 0 heterocycles. The van der Waals surface area contributed by atoms with Gasteiger partial charge in [-0.25, -0.2) is 0 Å². The molecule has 0 radical (unpaired) electrons. The predicted molar refractivity (Wildman–Crippen MR) is 78.3 cm³/mol. The third-order valence-electron chi connectivity index (χ3n) is 3.58. The van der Waals surface area contributed by atoms with Crippen LogP contribution in [0.3, 0.4) is 0 Å². The van der Waals surface area contributed by atoms with Gasteiger partial charge in [0.2, 0.25) is 5.91 Å². The van der Waals surface area contributed by atoms with Crippen molar-refractivity contribution in [2.24, 2.45) is 5.92 Å². The van der Waals surface area contributed by atoms with E-state index < -0.39 is 24.4 Å². The van der Waals surface area contributed by atoms with Crippen LogP contribution in [0.1, 0.15) is 38.2 Å². The summed E-state index contributed by atoms with van der Waals surface area (Å²) in [7, 11) is 0. The molecule has 0 spiro atoms. The zero-order chi connectivity index (χ0) is 16.8. The third-order valence-corrected chi connectivity index (χ3v) is 3.58. The quantitative estimate of drug-likeness (QED) is 0.811. The van der Waals surface area contributed by atoms with Crippen molar-refractivity contribution in [2.45, 2.75) is 44.8 Å². The molecular weight excluding hydrogens is 295 g/mol. The number of benzene rings is 1. The molecule has 1 aromatic carbocycles. The van der Waals surface area contributed by atoms with E-state index in [4.69, 9.17) is 5.11 Å². The van der Waals surface area contributed by atoms with Crippen LogP contribution in [0.25, 0.3) is 0 Å². The highest BCUT2D eigenvalue weighted by Gasteiger charge is 2.42. The molecule has 0 aliphatic carbocycles. The molecule has 2 atom stereocenters. The summed E-state index contributed by atoms with van der Waals surface area (Å²) in [4.78, 5) is 12.0. The second kappa shape index (κ2) is 8.17. The summed E-state index contributed by atoms with van der Waals surface area (Å²) in [5.41, 5.74) is 0.0772. The van der Waals surface area contributed by atoms with Crippen molar-refractivity contribution in [3.8, 4) is 0 Å². The minimum Gasteiger partial charge on any atom is -0.396 e. The third kappa shape index (κ3) is 5.67. The number of hydrogen-bond acceptors (Lipinski definition) is 2. The van der Waals surface area contributed by atoms with E-state index in [1.807, 2.05) is 13.8 Å². The Morgan fingerprint density at radius 3 is 2.27 bits per heavy atom. The molecule has 1 amide bonds. The molecule has 2 N–H and O–H groups in total. The van der Waals surface area contributed by atoms with Crippen molar-refractivity contribution in [3.05, 3.63) is 35.9 Å². The highest BCUT2D eigenvalue weighted by molar-refractivity contribution is 5.77. The van der Waals surface area contributed by atoms with Gasteiger partial charge in [-0.1, -0.05) is 44.2 Å². The van der Waals surface area contributed by atoms with Gasteiger partial charge in [-0.2, -0.15) is 13.2 Å². The largest absolute Gasteiger partial charge is 0.396 e. The van der Waals surface area contributed by atoms with Gasteiger partial charge in [-0.3, -0.25) is 4.79 Å². The van der Waals surface area contributed by atoms with E-state index in [0.29, 0.717) is 6.42 Å². The minimum absolute atomic E-state index is 0.0390. The lowest BCUT2D eigenvalue weighted by Gasteiger charge is -2.24. The maximum Gasteiger partial charge on any atom is 0.396 e. The van der Waals surface area contributed by atoms with E-state index in [1.165, 1.54) is 24.3 Å². The fraction of sp³-hybridized carbons (Fsp3) is 0.562. The topological polar surface area (TPSA) is 49.3 Å². The van der Waals surface area contributed by atoms with Crippen molar-refractivity contribution >= 4 is 5.91 Å². The van der Waals surface area contributed by atoms with Crippen molar-refractivity contribution in [1.29, 1.82) is 0 Å². The van der Waals surface area contributed by atoms with Crippen LogP contribution in [0.15, 0.2) is 30.3 Å². The molecule has 0 saturated heterocycles. The molecule has 0 saturated carbocycles. The summed E-state index contributed by atoms with van der Waals surface area (Å²) in [6.45, 7) is 3.57. The molecule has 3 nitrogen and oxygen atoms in total. The smallest absolute Gasteiger partial charge is 0.396 e. The van der Waals surface area contributed by atoms with Gasteiger partial charge >= 0.3 is 6.18 Å². The van der Waals surface area contributed by atoms with Crippen LogP contribution in [0.5, 0.6) is 0 Å². The van der Waals surface area contributed by atoms with E-state index in [0.717, 1.165) is 0 Å². The van der Waals surface area contributed by atoms with Gasteiger partial charge in [-0.05, 0) is 17.9 Å². The van der Waals surface area contributed by atoms with Crippen LogP contribution in [0, 0.1) is 5.92 Å². The van der Waals surface area contributed by atoms with Crippen LogP contribution in [-0.4, -0.2) is 29.8 Å². The summed E-state index contributed by atoms with van der Waals surface area (Å²) in [6.07, 6.45) is -4.81. The summed E-state index contributed by atoms with van der Waals surface area (Å²) in [5, 5.41) is 11.5. The SMILES string of the molecule is CC(C)C(CCO)NC(=O)CC(c1ccccc1)C(F)(F)F. The van der Waals surface area contributed by atoms with Crippen molar-refractivity contribution < 1.29 is 23.1 Å². The number of rotatable bonds is 7. The lowest BCUT2D eigenvalue weighted by atomic mass is 9.94. The van der Waals surface area contributed by atoms with Gasteiger partial charge in [0.15, 0.2) is 0 Å². The number of aliphatic hydroxyl groups excluding tert-OH is 1. The number of nitrogens with one attached hydrogen (secondary N) is 1. The highest BCUT2D eigenvalue weighted by atomic mass is 19.4. The van der Waals surface area contributed by atoms with Crippen molar-refractivity contribution in [1.82, 2.24) is 5.32 Å².